The zero-order valence-electron chi connectivity index (χ0n) is 21.9. The maximum atomic E-state index is 12.3. The van der Waals surface area contributed by atoms with Crippen LogP contribution >= 0.6 is 0 Å². The molecule has 3 rings (SSSR count). The Morgan fingerprint density at radius 3 is 1.79 bits per heavy atom. The molecule has 0 heterocycles. The van der Waals surface area contributed by atoms with E-state index in [0.29, 0.717) is 19.8 Å². The van der Waals surface area contributed by atoms with Crippen LogP contribution in [-0.4, -0.2) is 37.5 Å². The molecule has 0 aromatic heterocycles. The summed E-state index contributed by atoms with van der Waals surface area (Å²) in [5.74, 6) is -0.762. The van der Waals surface area contributed by atoms with Crippen molar-refractivity contribution in [3.05, 3.63) is 133 Å². The lowest BCUT2D eigenvalue weighted by atomic mass is 10.1. The van der Waals surface area contributed by atoms with Crippen molar-refractivity contribution >= 4 is 5.97 Å². The summed E-state index contributed by atoms with van der Waals surface area (Å²) in [6, 6.07) is 29.4. The number of rotatable bonds is 17. The summed E-state index contributed by atoms with van der Waals surface area (Å²) >= 11 is 0. The van der Waals surface area contributed by atoms with Crippen molar-refractivity contribution in [2.75, 3.05) is 13.2 Å². The number of hydrogen-bond donors (Lipinski definition) is 0. The van der Waals surface area contributed by atoms with Gasteiger partial charge in [-0.1, -0.05) is 97.1 Å². The molecule has 3 aromatic carbocycles. The lowest BCUT2D eigenvalue weighted by Gasteiger charge is -2.32. The van der Waals surface area contributed by atoms with E-state index < -0.39 is 24.3 Å². The van der Waals surface area contributed by atoms with Gasteiger partial charge in [-0.25, -0.2) is 4.79 Å². The molecule has 0 aliphatic rings. The number of carbonyl (C=O) groups is 1. The van der Waals surface area contributed by atoms with Crippen molar-refractivity contribution in [2.24, 2.45) is 0 Å². The average molecular weight is 517 g/mol. The Kier molecular flexibility index (Phi) is 12.3. The second kappa shape index (κ2) is 16.2. The van der Waals surface area contributed by atoms with Crippen LogP contribution in [0.1, 0.15) is 23.6 Å². The van der Waals surface area contributed by atoms with Crippen LogP contribution in [0.5, 0.6) is 0 Å². The number of esters is 1. The highest BCUT2D eigenvalue weighted by Gasteiger charge is 2.33. The van der Waals surface area contributed by atoms with Gasteiger partial charge in [-0.3, -0.25) is 0 Å². The molecule has 0 saturated heterocycles. The standard InChI is InChI=1S/C32H36O6/c1-4-29(36-22-27-17-11-7-12-18-27)31(37-23-28-19-13-8-14-20-28)30(38-25(3)32(33)35-5-2)24-34-21-26-15-9-6-10-16-26/h4,6-20,29-31H,1,3,5,21-24H2,2H3/t29-,30-,31+/m1/s1. The topological polar surface area (TPSA) is 63.2 Å². The van der Waals surface area contributed by atoms with E-state index in [1.54, 1.807) is 13.0 Å². The molecular formula is C32H36O6. The highest BCUT2D eigenvalue weighted by atomic mass is 16.6. The van der Waals surface area contributed by atoms with E-state index in [2.05, 4.69) is 13.2 Å². The van der Waals surface area contributed by atoms with Gasteiger partial charge in [0.15, 0.2) is 11.9 Å². The minimum absolute atomic E-state index is 0.117. The third kappa shape index (κ3) is 9.63. The largest absolute Gasteiger partial charge is 0.478 e. The van der Waals surface area contributed by atoms with Crippen LogP contribution in [0.4, 0.5) is 0 Å². The van der Waals surface area contributed by atoms with E-state index >= 15 is 0 Å². The molecule has 0 aliphatic heterocycles. The van der Waals surface area contributed by atoms with Gasteiger partial charge < -0.3 is 23.7 Å². The summed E-state index contributed by atoms with van der Waals surface area (Å²) in [7, 11) is 0. The maximum absolute atomic E-state index is 12.3. The lowest BCUT2D eigenvalue weighted by Crippen LogP contribution is -2.44. The van der Waals surface area contributed by atoms with Crippen molar-refractivity contribution in [3.63, 3.8) is 0 Å². The molecule has 38 heavy (non-hydrogen) atoms. The maximum Gasteiger partial charge on any atom is 0.372 e. The van der Waals surface area contributed by atoms with Crippen molar-refractivity contribution in [3.8, 4) is 0 Å². The molecule has 0 unspecified atom stereocenters. The molecule has 6 nitrogen and oxygen atoms in total. The Labute approximate surface area is 225 Å². The summed E-state index contributed by atoms with van der Waals surface area (Å²) in [5.41, 5.74) is 3.00. The normalized spacial score (nSPS) is 13.2. The van der Waals surface area contributed by atoms with E-state index in [9.17, 15) is 4.79 Å². The van der Waals surface area contributed by atoms with Gasteiger partial charge in [0.1, 0.15) is 12.2 Å². The third-order valence-corrected chi connectivity index (χ3v) is 5.68. The van der Waals surface area contributed by atoms with Gasteiger partial charge in [0.25, 0.3) is 0 Å². The van der Waals surface area contributed by atoms with E-state index in [0.717, 1.165) is 16.7 Å². The van der Waals surface area contributed by atoms with Gasteiger partial charge in [0.05, 0.1) is 33.0 Å². The van der Waals surface area contributed by atoms with E-state index in [1.807, 2.05) is 91.0 Å². The SMILES string of the molecule is C=C[C@@H](OCc1ccccc1)[C@H](OCc1ccccc1)[C@@H](COCc1ccccc1)OC(=C)C(=O)OCC. The number of benzene rings is 3. The van der Waals surface area contributed by atoms with Crippen molar-refractivity contribution < 1.29 is 28.5 Å². The first-order chi connectivity index (χ1) is 18.6. The van der Waals surface area contributed by atoms with Gasteiger partial charge >= 0.3 is 5.97 Å². The quantitative estimate of drug-likeness (QED) is 0.0946. The second-order valence-electron chi connectivity index (χ2n) is 8.56. The number of carbonyl (C=O) groups excluding carboxylic acids is 1. The minimum Gasteiger partial charge on any atom is -0.478 e. The van der Waals surface area contributed by atoms with Gasteiger partial charge in [-0.2, -0.15) is 0 Å². The first-order valence-electron chi connectivity index (χ1n) is 12.7. The second-order valence-corrected chi connectivity index (χ2v) is 8.56. The summed E-state index contributed by atoms with van der Waals surface area (Å²) in [6.45, 7) is 10.8. The monoisotopic (exact) mass is 516 g/mol. The molecule has 0 spiro atoms. The average Bonchev–Trinajstić information content (AvgIpc) is 2.96. The summed E-state index contributed by atoms with van der Waals surface area (Å²) in [6.07, 6.45) is -0.296. The van der Waals surface area contributed by atoms with E-state index in [-0.39, 0.29) is 19.0 Å². The van der Waals surface area contributed by atoms with E-state index in [4.69, 9.17) is 23.7 Å². The van der Waals surface area contributed by atoms with Gasteiger partial charge in [-0.05, 0) is 30.2 Å². The predicted molar refractivity (Wildman–Crippen MR) is 147 cm³/mol. The van der Waals surface area contributed by atoms with E-state index in [1.165, 1.54) is 0 Å². The highest BCUT2D eigenvalue weighted by Crippen LogP contribution is 2.21. The summed E-state index contributed by atoms with van der Waals surface area (Å²) in [5, 5.41) is 0. The zero-order chi connectivity index (χ0) is 27.0. The molecule has 200 valence electrons. The highest BCUT2D eigenvalue weighted by molar-refractivity contribution is 5.85. The molecule has 0 fully saturated rings. The molecule has 0 N–H and O–H groups in total. The Hall–Kier alpha value is -3.71. The van der Waals surface area contributed by atoms with Crippen LogP contribution in [0.3, 0.4) is 0 Å². The molecule has 6 heteroatoms. The Bertz CT molecular complexity index is 1100. The summed E-state index contributed by atoms with van der Waals surface area (Å²) in [4.78, 5) is 12.3. The van der Waals surface area contributed by atoms with Crippen LogP contribution in [0.2, 0.25) is 0 Å². The van der Waals surface area contributed by atoms with Gasteiger partial charge in [-0.15, -0.1) is 6.58 Å². The molecule has 0 amide bonds. The van der Waals surface area contributed by atoms with Crippen LogP contribution < -0.4 is 0 Å². The van der Waals surface area contributed by atoms with Crippen molar-refractivity contribution in [1.82, 2.24) is 0 Å². The zero-order valence-corrected chi connectivity index (χ0v) is 21.9. The van der Waals surface area contributed by atoms with Crippen LogP contribution in [0, 0.1) is 0 Å². The smallest absolute Gasteiger partial charge is 0.372 e. The molecule has 0 saturated carbocycles. The molecule has 3 aromatic rings. The number of ether oxygens (including phenoxy) is 5. The molecule has 3 atom stereocenters. The minimum atomic E-state index is -0.738. The van der Waals surface area contributed by atoms with Crippen LogP contribution in [0.25, 0.3) is 0 Å². The molecule has 0 bridgehead atoms. The predicted octanol–water partition coefficient (Wildman–Crippen LogP) is 6.02. The molecule has 0 aliphatic carbocycles. The van der Waals surface area contributed by atoms with Crippen molar-refractivity contribution in [1.29, 1.82) is 0 Å². The third-order valence-electron chi connectivity index (χ3n) is 5.68. The van der Waals surface area contributed by atoms with Gasteiger partial charge in [0, 0.05) is 0 Å². The first-order valence-corrected chi connectivity index (χ1v) is 12.7. The van der Waals surface area contributed by atoms with Gasteiger partial charge in [0.2, 0.25) is 0 Å². The summed E-state index contributed by atoms with van der Waals surface area (Å²) < 4.78 is 29.8. The van der Waals surface area contributed by atoms with Crippen molar-refractivity contribution in [2.45, 2.75) is 45.1 Å². The fourth-order valence-corrected chi connectivity index (χ4v) is 3.75. The van der Waals surface area contributed by atoms with Crippen LogP contribution in [0.15, 0.2) is 116 Å². The Morgan fingerprint density at radius 1 is 0.789 bits per heavy atom. The fourth-order valence-electron chi connectivity index (χ4n) is 3.75. The lowest BCUT2D eigenvalue weighted by molar-refractivity contribution is -0.157. The molecule has 0 radical (unpaired) electrons. The fraction of sp³-hybridized carbons (Fsp3) is 0.281. The number of hydrogen-bond acceptors (Lipinski definition) is 6. The van der Waals surface area contributed by atoms with Crippen LogP contribution in [-0.2, 0) is 48.3 Å². The Morgan fingerprint density at radius 2 is 1.29 bits per heavy atom. The first kappa shape index (κ1) is 28.9. The molecular weight excluding hydrogens is 480 g/mol. The Balaban J connectivity index is 1.81.